The number of para-hydroxylation sites is 1. The van der Waals surface area contributed by atoms with Crippen LogP contribution in [0, 0.1) is 15.9 Å². The predicted molar refractivity (Wildman–Crippen MR) is 122 cm³/mol. The van der Waals surface area contributed by atoms with Crippen LogP contribution < -0.4 is 4.90 Å². The molecule has 7 nitrogen and oxygen atoms in total. The number of hydrogen-bond donors (Lipinski definition) is 0. The zero-order valence-corrected chi connectivity index (χ0v) is 17.8. The summed E-state index contributed by atoms with van der Waals surface area (Å²) in [6.07, 6.45) is 0.369. The summed E-state index contributed by atoms with van der Waals surface area (Å²) in [5, 5.41) is 11.0. The molecule has 4 rings (SSSR count). The van der Waals surface area contributed by atoms with Crippen molar-refractivity contribution in [2.24, 2.45) is 0 Å². The zero-order chi connectivity index (χ0) is 23.5. The Balaban J connectivity index is 1.70. The summed E-state index contributed by atoms with van der Waals surface area (Å²) in [6, 6.07) is 20.6. The van der Waals surface area contributed by atoms with Gasteiger partial charge in [0.05, 0.1) is 10.5 Å². The Morgan fingerprint density at radius 1 is 0.909 bits per heavy atom. The van der Waals surface area contributed by atoms with Gasteiger partial charge in [0.15, 0.2) is 0 Å². The van der Waals surface area contributed by atoms with Crippen molar-refractivity contribution in [1.29, 1.82) is 0 Å². The third-order valence-electron chi connectivity index (χ3n) is 5.53. The van der Waals surface area contributed by atoms with Crippen molar-refractivity contribution < 1.29 is 18.9 Å². The zero-order valence-electron chi connectivity index (χ0n) is 17.8. The van der Waals surface area contributed by atoms with E-state index in [0.717, 1.165) is 10.5 Å². The first kappa shape index (κ1) is 21.9. The number of non-ortho nitro benzene ring substituents is 1. The van der Waals surface area contributed by atoms with Gasteiger partial charge in [-0.25, -0.2) is 4.39 Å². The number of halogens is 1. The van der Waals surface area contributed by atoms with Gasteiger partial charge in [0.25, 0.3) is 17.5 Å². The first-order chi connectivity index (χ1) is 15.9. The van der Waals surface area contributed by atoms with E-state index in [1.54, 1.807) is 24.1 Å². The maximum absolute atomic E-state index is 13.4. The highest BCUT2D eigenvalue weighted by atomic mass is 19.1. The second-order valence-electron chi connectivity index (χ2n) is 7.56. The van der Waals surface area contributed by atoms with E-state index in [0.29, 0.717) is 17.7 Å². The smallest absolute Gasteiger partial charge is 0.278 e. The molecule has 0 bridgehead atoms. The molecule has 3 aromatic rings. The molecule has 0 spiro atoms. The molecule has 1 aliphatic heterocycles. The lowest BCUT2D eigenvalue weighted by Crippen LogP contribution is -2.35. The molecule has 33 heavy (non-hydrogen) atoms. The monoisotopic (exact) mass is 445 g/mol. The molecular formula is C25H20FN3O4. The number of nitrogens with zero attached hydrogens (tertiary/aromatic N) is 3. The lowest BCUT2D eigenvalue weighted by molar-refractivity contribution is -0.384. The van der Waals surface area contributed by atoms with E-state index in [-0.39, 0.29) is 29.3 Å². The average molecular weight is 445 g/mol. The summed E-state index contributed by atoms with van der Waals surface area (Å²) in [7, 11) is 1.70. The van der Waals surface area contributed by atoms with Crippen molar-refractivity contribution in [2.45, 2.75) is 6.42 Å². The predicted octanol–water partition coefficient (Wildman–Crippen LogP) is 4.19. The first-order valence-electron chi connectivity index (χ1n) is 10.3. The second kappa shape index (κ2) is 9.04. The number of carbonyl (C=O) groups excluding carboxylic acids is 2. The molecule has 2 amide bonds. The van der Waals surface area contributed by atoms with E-state index >= 15 is 0 Å². The largest absolute Gasteiger partial charge is 0.339 e. The van der Waals surface area contributed by atoms with Crippen LogP contribution in [0.1, 0.15) is 11.1 Å². The molecule has 3 aromatic carbocycles. The highest BCUT2D eigenvalue weighted by Crippen LogP contribution is 2.34. The fraction of sp³-hybridized carbons (Fsp3) is 0.120. The summed E-state index contributed by atoms with van der Waals surface area (Å²) in [4.78, 5) is 40.1. The van der Waals surface area contributed by atoms with Gasteiger partial charge in [0.2, 0.25) is 0 Å². The number of imide groups is 1. The van der Waals surface area contributed by atoms with Gasteiger partial charge in [-0.15, -0.1) is 0 Å². The van der Waals surface area contributed by atoms with Crippen molar-refractivity contribution >= 4 is 28.8 Å². The number of amides is 2. The van der Waals surface area contributed by atoms with Crippen molar-refractivity contribution in [3.8, 4) is 0 Å². The van der Waals surface area contributed by atoms with Crippen LogP contribution in [-0.2, 0) is 16.0 Å². The molecule has 0 radical (unpaired) electrons. The number of anilines is 1. The summed E-state index contributed by atoms with van der Waals surface area (Å²) < 4.78 is 13.2. The Bertz CT molecular complexity index is 1240. The lowest BCUT2D eigenvalue weighted by Gasteiger charge is -2.21. The average Bonchev–Trinajstić information content (AvgIpc) is 3.08. The van der Waals surface area contributed by atoms with Crippen LogP contribution in [0.15, 0.2) is 84.6 Å². The van der Waals surface area contributed by atoms with Crippen LogP contribution in [0.2, 0.25) is 0 Å². The molecule has 0 saturated carbocycles. The molecule has 0 unspecified atom stereocenters. The van der Waals surface area contributed by atoms with E-state index in [4.69, 9.17) is 0 Å². The highest BCUT2D eigenvalue weighted by molar-refractivity contribution is 6.36. The van der Waals surface area contributed by atoms with Gasteiger partial charge in [-0.2, -0.15) is 0 Å². The van der Waals surface area contributed by atoms with Gasteiger partial charge in [0.1, 0.15) is 11.5 Å². The number of benzene rings is 3. The summed E-state index contributed by atoms with van der Waals surface area (Å²) in [5.74, 6) is -1.29. The molecule has 0 N–H and O–H groups in total. The Morgan fingerprint density at radius 2 is 1.55 bits per heavy atom. The van der Waals surface area contributed by atoms with Crippen LogP contribution in [-0.4, -0.2) is 35.2 Å². The van der Waals surface area contributed by atoms with Gasteiger partial charge in [-0.1, -0.05) is 30.3 Å². The minimum atomic E-state index is -0.522. The molecule has 0 atom stereocenters. The van der Waals surface area contributed by atoms with E-state index in [1.165, 1.54) is 36.4 Å². The molecule has 0 aromatic heterocycles. The molecule has 0 saturated heterocycles. The van der Waals surface area contributed by atoms with E-state index in [2.05, 4.69) is 0 Å². The Kier molecular flexibility index (Phi) is 5.99. The molecular weight excluding hydrogens is 425 g/mol. The van der Waals surface area contributed by atoms with Crippen LogP contribution in [0.25, 0.3) is 5.57 Å². The molecule has 0 fully saturated rings. The molecule has 1 heterocycles. The third kappa shape index (κ3) is 4.36. The van der Waals surface area contributed by atoms with E-state index < -0.39 is 16.7 Å². The van der Waals surface area contributed by atoms with Crippen molar-refractivity contribution in [1.82, 2.24) is 4.90 Å². The van der Waals surface area contributed by atoms with Crippen LogP contribution in [0.3, 0.4) is 0 Å². The van der Waals surface area contributed by atoms with Gasteiger partial charge >= 0.3 is 0 Å². The maximum Gasteiger partial charge on any atom is 0.278 e. The number of hydrogen-bond acceptors (Lipinski definition) is 5. The third-order valence-corrected chi connectivity index (χ3v) is 5.53. The van der Waals surface area contributed by atoms with Crippen LogP contribution >= 0.6 is 0 Å². The SMILES string of the molecule is CN(C1=C(c2ccc([N+](=O)[O-])cc2)C(=O)N(CCc2ccc(F)cc2)C1=O)c1ccccc1. The van der Waals surface area contributed by atoms with Crippen molar-refractivity contribution in [3.63, 3.8) is 0 Å². The Hall–Kier alpha value is -4.33. The fourth-order valence-electron chi connectivity index (χ4n) is 3.76. The minimum absolute atomic E-state index is 0.109. The molecule has 0 aliphatic carbocycles. The first-order valence-corrected chi connectivity index (χ1v) is 10.3. The normalized spacial score (nSPS) is 13.6. The number of nitro groups is 1. The number of likely N-dealkylation sites (N-methyl/N-ethyl adjacent to an activating group) is 1. The molecule has 8 heteroatoms. The van der Waals surface area contributed by atoms with Crippen molar-refractivity contribution in [3.05, 3.63) is 112 Å². The van der Waals surface area contributed by atoms with E-state index in [1.807, 2.05) is 30.3 Å². The summed E-state index contributed by atoms with van der Waals surface area (Å²) in [6.45, 7) is 0.117. The summed E-state index contributed by atoms with van der Waals surface area (Å²) in [5.41, 5.74) is 2.19. The second-order valence-corrected chi connectivity index (χ2v) is 7.56. The summed E-state index contributed by atoms with van der Waals surface area (Å²) >= 11 is 0. The topological polar surface area (TPSA) is 83.8 Å². The highest BCUT2D eigenvalue weighted by Gasteiger charge is 2.41. The van der Waals surface area contributed by atoms with Gasteiger partial charge in [0, 0.05) is 31.4 Å². The minimum Gasteiger partial charge on any atom is -0.339 e. The van der Waals surface area contributed by atoms with Crippen LogP contribution in [0.5, 0.6) is 0 Å². The lowest BCUT2D eigenvalue weighted by atomic mass is 10.0. The van der Waals surface area contributed by atoms with Crippen molar-refractivity contribution in [2.75, 3.05) is 18.5 Å². The number of rotatable bonds is 7. The molecule has 1 aliphatic rings. The molecule has 166 valence electrons. The quantitative estimate of drug-likeness (QED) is 0.309. The maximum atomic E-state index is 13.4. The van der Waals surface area contributed by atoms with Crippen LogP contribution in [0.4, 0.5) is 15.8 Å². The Morgan fingerprint density at radius 3 is 2.15 bits per heavy atom. The number of nitro benzene ring substituents is 1. The Labute approximate surface area is 189 Å². The van der Waals surface area contributed by atoms with E-state index in [9.17, 15) is 24.1 Å². The number of carbonyl (C=O) groups is 2. The van der Waals surface area contributed by atoms with Gasteiger partial charge in [-0.05, 0) is 53.9 Å². The van der Waals surface area contributed by atoms with Gasteiger partial charge < -0.3 is 4.90 Å². The standard InChI is InChI=1S/C25H20FN3O4/c1-27(20-5-3-2-4-6-20)23-22(18-9-13-21(14-10-18)29(32)33)24(30)28(25(23)31)16-15-17-7-11-19(26)12-8-17/h2-14H,15-16H2,1H3. The van der Waals surface area contributed by atoms with Gasteiger partial charge in [-0.3, -0.25) is 24.6 Å². The fourth-order valence-corrected chi connectivity index (χ4v) is 3.76.